The fourth-order valence-corrected chi connectivity index (χ4v) is 2.60. The van der Waals surface area contributed by atoms with Gasteiger partial charge in [0.15, 0.2) is 0 Å². The van der Waals surface area contributed by atoms with Crippen LogP contribution in [-0.4, -0.2) is 64.9 Å². The van der Waals surface area contributed by atoms with Gasteiger partial charge in [0.2, 0.25) is 0 Å². The Morgan fingerprint density at radius 2 is 2.19 bits per heavy atom. The zero-order valence-corrected chi connectivity index (χ0v) is 13.2. The third kappa shape index (κ3) is 4.14. The van der Waals surface area contributed by atoms with E-state index < -0.39 is 0 Å². The van der Waals surface area contributed by atoms with Crippen LogP contribution in [0.1, 0.15) is 37.2 Å². The van der Waals surface area contributed by atoms with Crippen molar-refractivity contribution in [3.8, 4) is 0 Å². The topological polar surface area (TPSA) is 61.4 Å². The number of nitrogens with one attached hydrogen (secondary N) is 1. The fraction of sp³-hybridized carbons (Fsp3) is 0.667. The van der Waals surface area contributed by atoms with E-state index >= 15 is 0 Å². The highest BCUT2D eigenvalue weighted by molar-refractivity contribution is 5.92. The molecule has 2 heterocycles. The summed E-state index contributed by atoms with van der Waals surface area (Å²) < 4.78 is 0. The molecule has 1 amide bonds. The van der Waals surface area contributed by atoms with E-state index in [1.807, 2.05) is 4.90 Å². The van der Waals surface area contributed by atoms with Crippen molar-refractivity contribution in [2.75, 3.05) is 38.5 Å². The van der Waals surface area contributed by atoms with Crippen molar-refractivity contribution in [3.63, 3.8) is 0 Å². The summed E-state index contributed by atoms with van der Waals surface area (Å²) in [6, 6.07) is 0.199. The molecule has 1 aliphatic heterocycles. The lowest BCUT2D eigenvalue weighted by Crippen LogP contribution is -2.42. The molecule has 0 bridgehead atoms. The van der Waals surface area contributed by atoms with Gasteiger partial charge in [0.05, 0.1) is 12.4 Å². The summed E-state index contributed by atoms with van der Waals surface area (Å²) in [4.78, 5) is 25.3. The van der Waals surface area contributed by atoms with Crippen molar-refractivity contribution in [2.24, 2.45) is 0 Å². The summed E-state index contributed by atoms with van der Waals surface area (Å²) in [5, 5.41) is 3.16. The number of amides is 1. The van der Waals surface area contributed by atoms with Crippen molar-refractivity contribution < 1.29 is 4.79 Å². The average molecular weight is 291 g/mol. The first kappa shape index (κ1) is 15.7. The molecule has 116 valence electrons. The van der Waals surface area contributed by atoms with Crippen LogP contribution in [0.4, 0.5) is 5.82 Å². The van der Waals surface area contributed by atoms with Crippen LogP contribution >= 0.6 is 0 Å². The number of anilines is 1. The van der Waals surface area contributed by atoms with Crippen LogP contribution < -0.4 is 5.32 Å². The van der Waals surface area contributed by atoms with Crippen LogP contribution in [0.25, 0.3) is 0 Å². The molecule has 0 radical (unpaired) electrons. The first-order chi connectivity index (χ1) is 10.1. The third-order valence-corrected chi connectivity index (χ3v) is 3.73. The molecule has 21 heavy (non-hydrogen) atoms. The van der Waals surface area contributed by atoms with Crippen molar-refractivity contribution in [3.05, 3.63) is 18.1 Å². The Kier molecular flexibility index (Phi) is 5.50. The molecule has 6 heteroatoms. The molecule has 0 spiro atoms. The summed E-state index contributed by atoms with van der Waals surface area (Å²) >= 11 is 0. The molecule has 1 saturated heterocycles. The highest BCUT2D eigenvalue weighted by atomic mass is 16.2. The summed E-state index contributed by atoms with van der Waals surface area (Å²) in [7, 11) is 2.10. The molecule has 1 unspecified atom stereocenters. The van der Waals surface area contributed by atoms with Crippen LogP contribution in [0.15, 0.2) is 12.4 Å². The second kappa shape index (κ2) is 7.36. The van der Waals surface area contributed by atoms with Gasteiger partial charge in [-0.3, -0.25) is 4.79 Å². The molecule has 1 aromatic heterocycles. The molecule has 1 aliphatic rings. The van der Waals surface area contributed by atoms with Gasteiger partial charge in [-0.1, -0.05) is 6.92 Å². The smallest absolute Gasteiger partial charge is 0.274 e. The lowest BCUT2D eigenvalue weighted by atomic mass is 10.2. The number of hydrogen-bond acceptors (Lipinski definition) is 5. The van der Waals surface area contributed by atoms with Crippen LogP contribution in [0, 0.1) is 0 Å². The van der Waals surface area contributed by atoms with Crippen LogP contribution in [0.2, 0.25) is 0 Å². The first-order valence-electron chi connectivity index (χ1n) is 7.67. The van der Waals surface area contributed by atoms with Crippen LogP contribution in [0.5, 0.6) is 0 Å². The molecular formula is C15H25N5O. The highest BCUT2D eigenvalue weighted by Gasteiger charge is 2.25. The minimum atomic E-state index is -0.0210. The maximum Gasteiger partial charge on any atom is 0.274 e. The Morgan fingerprint density at radius 3 is 2.86 bits per heavy atom. The van der Waals surface area contributed by atoms with E-state index in [4.69, 9.17) is 0 Å². The van der Waals surface area contributed by atoms with Gasteiger partial charge >= 0.3 is 0 Å². The number of likely N-dealkylation sites (N-methyl/N-ethyl adjacent to an activating group) is 1. The van der Waals surface area contributed by atoms with E-state index in [-0.39, 0.29) is 11.9 Å². The van der Waals surface area contributed by atoms with Gasteiger partial charge in [0.1, 0.15) is 11.5 Å². The molecule has 1 atom stereocenters. The summed E-state index contributed by atoms with van der Waals surface area (Å²) in [6.45, 7) is 7.74. The fourth-order valence-electron chi connectivity index (χ4n) is 2.60. The van der Waals surface area contributed by atoms with E-state index in [2.05, 4.69) is 41.1 Å². The Bertz CT molecular complexity index is 462. The summed E-state index contributed by atoms with van der Waals surface area (Å²) in [5.74, 6) is 0.699. The molecule has 0 aliphatic carbocycles. The van der Waals surface area contributed by atoms with Crippen LogP contribution in [-0.2, 0) is 0 Å². The molecule has 0 saturated carbocycles. The zero-order chi connectivity index (χ0) is 15.2. The maximum atomic E-state index is 12.6. The number of carbonyl (C=O) groups is 1. The number of nitrogens with zero attached hydrogens (tertiary/aromatic N) is 4. The lowest BCUT2D eigenvalue weighted by Gasteiger charge is -2.27. The van der Waals surface area contributed by atoms with Crippen molar-refractivity contribution in [1.29, 1.82) is 0 Å². The Hall–Kier alpha value is -1.69. The SMILES string of the molecule is CCCNc1cnc(C(=O)N2CCCN(C)CC2C)cn1. The van der Waals surface area contributed by atoms with Crippen molar-refractivity contribution in [2.45, 2.75) is 32.7 Å². The second-order valence-corrected chi connectivity index (χ2v) is 5.68. The van der Waals surface area contributed by atoms with Crippen molar-refractivity contribution in [1.82, 2.24) is 19.8 Å². The quantitative estimate of drug-likeness (QED) is 0.910. The first-order valence-corrected chi connectivity index (χ1v) is 7.67. The highest BCUT2D eigenvalue weighted by Crippen LogP contribution is 2.12. The predicted molar refractivity (Wildman–Crippen MR) is 83.4 cm³/mol. The molecule has 1 fully saturated rings. The van der Waals surface area contributed by atoms with E-state index in [1.54, 1.807) is 12.4 Å². The minimum Gasteiger partial charge on any atom is -0.369 e. The number of hydrogen-bond donors (Lipinski definition) is 1. The maximum absolute atomic E-state index is 12.6. The normalized spacial score (nSPS) is 20.1. The van der Waals surface area contributed by atoms with Gasteiger partial charge in [-0.05, 0) is 33.4 Å². The standard InChI is InChI=1S/C15H25N5O/c1-4-6-16-14-10-17-13(9-18-14)15(21)20-8-5-7-19(3)11-12(20)2/h9-10,12H,4-8,11H2,1-3H3,(H,16,18). The zero-order valence-electron chi connectivity index (χ0n) is 13.2. The van der Waals surface area contributed by atoms with Gasteiger partial charge in [0.25, 0.3) is 5.91 Å². The van der Waals surface area contributed by atoms with Crippen molar-refractivity contribution >= 4 is 11.7 Å². The molecule has 2 rings (SSSR count). The van der Waals surface area contributed by atoms with E-state index in [9.17, 15) is 4.79 Å². The number of aromatic nitrogens is 2. The summed E-state index contributed by atoms with van der Waals surface area (Å²) in [6.07, 6.45) is 5.23. The molecule has 0 aromatic carbocycles. The molecular weight excluding hydrogens is 266 g/mol. The van der Waals surface area contributed by atoms with Gasteiger partial charge in [-0.15, -0.1) is 0 Å². The van der Waals surface area contributed by atoms with E-state index in [1.165, 1.54) is 0 Å². The summed E-state index contributed by atoms with van der Waals surface area (Å²) in [5.41, 5.74) is 0.424. The molecule has 1 N–H and O–H groups in total. The Balaban J connectivity index is 2.04. The predicted octanol–water partition coefficient (Wildman–Crippen LogP) is 1.46. The number of rotatable bonds is 4. The molecule has 1 aromatic rings. The average Bonchev–Trinajstić information content (AvgIpc) is 2.65. The largest absolute Gasteiger partial charge is 0.369 e. The lowest BCUT2D eigenvalue weighted by molar-refractivity contribution is 0.0690. The van der Waals surface area contributed by atoms with Gasteiger partial charge in [0, 0.05) is 25.7 Å². The van der Waals surface area contributed by atoms with Gasteiger partial charge < -0.3 is 15.1 Å². The second-order valence-electron chi connectivity index (χ2n) is 5.68. The third-order valence-electron chi connectivity index (χ3n) is 3.73. The Morgan fingerprint density at radius 1 is 1.38 bits per heavy atom. The van der Waals surface area contributed by atoms with Crippen LogP contribution in [0.3, 0.4) is 0 Å². The van der Waals surface area contributed by atoms with E-state index in [0.717, 1.165) is 44.8 Å². The van der Waals surface area contributed by atoms with Gasteiger partial charge in [-0.25, -0.2) is 9.97 Å². The monoisotopic (exact) mass is 291 g/mol. The van der Waals surface area contributed by atoms with Gasteiger partial charge in [-0.2, -0.15) is 0 Å². The Labute approximate surface area is 126 Å². The minimum absolute atomic E-state index is 0.0210. The molecule has 6 nitrogen and oxygen atoms in total. The van der Waals surface area contributed by atoms with E-state index in [0.29, 0.717) is 5.69 Å². The number of carbonyl (C=O) groups excluding carboxylic acids is 1.